The topological polar surface area (TPSA) is 59.4 Å². The van der Waals surface area contributed by atoms with Crippen LogP contribution in [0.15, 0.2) is 23.2 Å². The summed E-state index contributed by atoms with van der Waals surface area (Å²) in [5.74, 6) is -0.242. The van der Waals surface area contributed by atoms with Crippen molar-refractivity contribution in [2.75, 3.05) is 6.61 Å². The Balaban J connectivity index is 2.79. The van der Waals surface area contributed by atoms with Crippen LogP contribution >= 0.6 is 0 Å². The van der Waals surface area contributed by atoms with Crippen molar-refractivity contribution in [1.82, 2.24) is 4.98 Å². The van der Waals surface area contributed by atoms with Crippen molar-refractivity contribution in [3.8, 4) is 5.88 Å². The normalized spacial score (nSPS) is 12.9. The summed E-state index contributed by atoms with van der Waals surface area (Å²) in [6, 6.07) is 2.70. The van der Waals surface area contributed by atoms with Crippen LogP contribution in [-0.4, -0.2) is 26.8 Å². The van der Waals surface area contributed by atoms with E-state index in [0.717, 1.165) is 0 Å². The lowest BCUT2D eigenvalue weighted by Gasteiger charge is -2.06. The molecule has 0 saturated heterocycles. The number of nitrogens with zero attached hydrogens (tertiary/aromatic N) is 1. The van der Waals surface area contributed by atoms with Gasteiger partial charge in [0.2, 0.25) is 5.88 Å². The first kappa shape index (κ1) is 11.0. The van der Waals surface area contributed by atoms with Gasteiger partial charge in [-0.25, -0.2) is 18.0 Å². The fraction of sp³-hybridized carbons (Fsp3) is 0.286. The molecule has 0 amide bonds. The maximum absolute atomic E-state index is 11.8. The van der Waals surface area contributed by atoms with Crippen molar-refractivity contribution in [2.24, 2.45) is 0 Å². The molecule has 0 aliphatic carbocycles. The van der Waals surface area contributed by atoms with E-state index in [9.17, 15) is 13.0 Å². The molecule has 14 heavy (non-hydrogen) atoms. The second kappa shape index (κ2) is 4.97. The highest BCUT2D eigenvalue weighted by Crippen LogP contribution is 2.17. The first-order valence-corrected chi connectivity index (χ1v) is 4.68. The van der Waals surface area contributed by atoms with Gasteiger partial charge in [-0.3, -0.25) is 0 Å². The summed E-state index contributed by atoms with van der Waals surface area (Å²) in [7, 11) is 0. The van der Waals surface area contributed by atoms with Crippen LogP contribution in [-0.2, 0) is 11.1 Å². The molecule has 0 radical (unpaired) electrons. The van der Waals surface area contributed by atoms with E-state index in [-0.39, 0.29) is 10.8 Å². The zero-order valence-corrected chi connectivity index (χ0v) is 7.71. The fourth-order valence-electron chi connectivity index (χ4n) is 0.759. The number of aromatic nitrogens is 1. The summed E-state index contributed by atoms with van der Waals surface area (Å²) in [6.45, 7) is -0.846. The second-order valence-electron chi connectivity index (χ2n) is 2.26. The van der Waals surface area contributed by atoms with Gasteiger partial charge in [-0.15, -0.1) is 0 Å². The Labute approximate surface area is 81.2 Å². The molecule has 0 fully saturated rings. The number of alkyl halides is 2. The van der Waals surface area contributed by atoms with E-state index in [0.29, 0.717) is 0 Å². The Kier molecular flexibility index (Phi) is 3.90. The molecule has 78 valence electrons. The molecular weight excluding hydrogens is 216 g/mol. The Morgan fingerprint density at radius 2 is 2.36 bits per heavy atom. The van der Waals surface area contributed by atoms with Crippen LogP contribution in [0, 0.1) is 0 Å². The number of hydrogen-bond acceptors (Lipinski definition) is 3. The zero-order chi connectivity index (χ0) is 10.6. The van der Waals surface area contributed by atoms with Crippen LogP contribution in [0.3, 0.4) is 0 Å². The summed E-state index contributed by atoms with van der Waals surface area (Å²) < 4.78 is 47.5. The fourth-order valence-corrected chi connectivity index (χ4v) is 1.22. The molecule has 0 bridgehead atoms. The number of halogens is 2. The average molecular weight is 223 g/mol. The second-order valence-corrected chi connectivity index (χ2v) is 3.20. The molecule has 0 spiro atoms. The quantitative estimate of drug-likeness (QED) is 0.782. The maximum Gasteiger partial charge on any atom is 0.272 e. The van der Waals surface area contributed by atoms with Gasteiger partial charge in [0.05, 0.1) is 0 Å². The van der Waals surface area contributed by atoms with Gasteiger partial charge in [0.1, 0.15) is 4.90 Å². The Hall–Kier alpha value is -1.08. The summed E-state index contributed by atoms with van der Waals surface area (Å²) >= 11 is -2.29. The van der Waals surface area contributed by atoms with Crippen LogP contribution in [0.4, 0.5) is 8.78 Å². The minimum absolute atomic E-state index is 0.117. The van der Waals surface area contributed by atoms with Gasteiger partial charge < -0.3 is 9.29 Å². The lowest BCUT2D eigenvalue weighted by molar-refractivity contribution is 0.0779. The van der Waals surface area contributed by atoms with Crippen molar-refractivity contribution in [3.05, 3.63) is 18.3 Å². The molecule has 0 aromatic carbocycles. The molecule has 1 atom stereocenters. The molecule has 0 saturated carbocycles. The lowest BCUT2D eigenvalue weighted by Crippen LogP contribution is -2.09. The van der Waals surface area contributed by atoms with Crippen LogP contribution in [0.1, 0.15) is 0 Å². The smallest absolute Gasteiger partial charge is 0.272 e. The molecule has 1 heterocycles. The van der Waals surface area contributed by atoms with Crippen molar-refractivity contribution in [2.45, 2.75) is 11.3 Å². The largest absolute Gasteiger partial charge is 0.471 e. The van der Waals surface area contributed by atoms with Crippen LogP contribution < -0.4 is 4.74 Å². The molecular formula is C7H7F2NO3S. The molecule has 1 aromatic rings. The van der Waals surface area contributed by atoms with Crippen LogP contribution in [0.5, 0.6) is 5.88 Å². The third-order valence-corrected chi connectivity index (χ3v) is 1.96. The Morgan fingerprint density at radius 3 is 2.93 bits per heavy atom. The maximum atomic E-state index is 11.8. The lowest BCUT2D eigenvalue weighted by atomic mass is 10.5. The van der Waals surface area contributed by atoms with Gasteiger partial charge in [0.25, 0.3) is 6.43 Å². The molecule has 4 nitrogen and oxygen atoms in total. The van der Waals surface area contributed by atoms with Crippen LogP contribution in [0.2, 0.25) is 0 Å². The highest BCUT2D eigenvalue weighted by Gasteiger charge is 2.12. The molecule has 0 aliphatic rings. The van der Waals surface area contributed by atoms with Gasteiger partial charge in [-0.1, -0.05) is 0 Å². The number of rotatable bonds is 4. The Bertz CT molecular complexity index is 334. The first-order chi connectivity index (χ1) is 6.61. The van der Waals surface area contributed by atoms with Gasteiger partial charge in [0, 0.05) is 6.20 Å². The number of ether oxygens (including phenoxy) is 1. The monoisotopic (exact) mass is 223 g/mol. The van der Waals surface area contributed by atoms with E-state index >= 15 is 0 Å². The molecule has 1 N–H and O–H groups in total. The van der Waals surface area contributed by atoms with E-state index in [1.807, 2.05) is 0 Å². The molecule has 1 rings (SSSR count). The van der Waals surface area contributed by atoms with E-state index in [1.54, 1.807) is 0 Å². The van der Waals surface area contributed by atoms with E-state index < -0.39 is 24.1 Å². The third-order valence-electron chi connectivity index (χ3n) is 1.27. The molecule has 7 heteroatoms. The SMILES string of the molecule is O=S(O)c1cccnc1OCC(F)F. The summed E-state index contributed by atoms with van der Waals surface area (Å²) in [4.78, 5) is 3.45. The van der Waals surface area contributed by atoms with Crippen LogP contribution in [0.25, 0.3) is 0 Å². The van der Waals surface area contributed by atoms with Crippen molar-refractivity contribution in [1.29, 1.82) is 0 Å². The van der Waals surface area contributed by atoms with E-state index in [1.165, 1.54) is 18.3 Å². The van der Waals surface area contributed by atoms with Gasteiger partial charge in [-0.05, 0) is 12.1 Å². The molecule has 1 unspecified atom stereocenters. The minimum Gasteiger partial charge on any atom is -0.471 e. The molecule has 1 aromatic heterocycles. The van der Waals surface area contributed by atoms with Crippen molar-refractivity contribution < 1.29 is 22.3 Å². The van der Waals surface area contributed by atoms with Crippen molar-refractivity contribution >= 4 is 11.1 Å². The Morgan fingerprint density at radius 1 is 1.64 bits per heavy atom. The minimum atomic E-state index is -2.64. The predicted octanol–water partition coefficient (Wildman–Crippen LogP) is 1.31. The highest BCUT2D eigenvalue weighted by molar-refractivity contribution is 7.79. The van der Waals surface area contributed by atoms with Gasteiger partial charge in [0.15, 0.2) is 17.7 Å². The third kappa shape index (κ3) is 3.00. The van der Waals surface area contributed by atoms with E-state index in [4.69, 9.17) is 4.55 Å². The van der Waals surface area contributed by atoms with Crippen molar-refractivity contribution in [3.63, 3.8) is 0 Å². The summed E-state index contributed by atoms with van der Waals surface area (Å²) in [5.41, 5.74) is 0. The van der Waals surface area contributed by atoms with Gasteiger partial charge >= 0.3 is 0 Å². The number of pyridine rings is 1. The standard InChI is InChI=1S/C7H7F2NO3S/c8-6(9)4-13-7-5(14(11)12)2-1-3-10-7/h1-3,6H,4H2,(H,11,12). The predicted molar refractivity (Wildman–Crippen MR) is 44.8 cm³/mol. The summed E-state index contributed by atoms with van der Waals surface area (Å²) in [5, 5.41) is 0. The zero-order valence-electron chi connectivity index (χ0n) is 6.89. The summed E-state index contributed by atoms with van der Waals surface area (Å²) in [6.07, 6.45) is -1.35. The molecule has 0 aliphatic heterocycles. The highest BCUT2D eigenvalue weighted by atomic mass is 32.2. The van der Waals surface area contributed by atoms with Gasteiger partial charge in [-0.2, -0.15) is 0 Å². The number of hydrogen-bond donors (Lipinski definition) is 1. The van der Waals surface area contributed by atoms with E-state index in [2.05, 4.69) is 9.72 Å². The average Bonchev–Trinajstić information content (AvgIpc) is 2.15. The first-order valence-electron chi connectivity index (χ1n) is 3.58.